The fraction of sp³-hybridized carbons (Fsp3) is 0.231. The first-order valence-electron chi connectivity index (χ1n) is 5.20. The standard InChI is InChI=1S/C13H14FNS/c1-8-7-12(9(2)15)16-13(8)10-5-3-4-6-11(10)14/h3-7,9H,15H2,1-2H3. The number of aryl methyl sites for hydroxylation is 1. The van der Waals surface area contributed by atoms with E-state index in [9.17, 15) is 4.39 Å². The van der Waals surface area contributed by atoms with Gasteiger partial charge in [0.2, 0.25) is 0 Å². The third-order valence-electron chi connectivity index (χ3n) is 2.50. The molecule has 0 fully saturated rings. The quantitative estimate of drug-likeness (QED) is 0.839. The molecule has 2 rings (SSSR count). The van der Waals surface area contributed by atoms with E-state index in [0.717, 1.165) is 15.3 Å². The van der Waals surface area contributed by atoms with Crippen molar-refractivity contribution in [3.8, 4) is 10.4 Å². The molecule has 16 heavy (non-hydrogen) atoms. The van der Waals surface area contributed by atoms with Crippen molar-refractivity contribution in [1.82, 2.24) is 0 Å². The van der Waals surface area contributed by atoms with Crippen molar-refractivity contribution >= 4 is 11.3 Å². The van der Waals surface area contributed by atoms with Gasteiger partial charge >= 0.3 is 0 Å². The van der Waals surface area contributed by atoms with Crippen LogP contribution in [0.3, 0.4) is 0 Å². The molecule has 0 saturated heterocycles. The number of benzene rings is 1. The maximum absolute atomic E-state index is 13.6. The van der Waals surface area contributed by atoms with E-state index in [0.29, 0.717) is 5.56 Å². The SMILES string of the molecule is Cc1cc(C(C)N)sc1-c1ccccc1F. The van der Waals surface area contributed by atoms with E-state index in [1.54, 1.807) is 23.5 Å². The number of thiophene rings is 1. The zero-order valence-electron chi connectivity index (χ0n) is 9.33. The van der Waals surface area contributed by atoms with Crippen LogP contribution in [-0.4, -0.2) is 0 Å². The molecular formula is C13H14FNS. The Balaban J connectivity index is 2.52. The highest BCUT2D eigenvalue weighted by Gasteiger charge is 2.12. The average molecular weight is 235 g/mol. The van der Waals surface area contributed by atoms with Crippen molar-refractivity contribution in [2.45, 2.75) is 19.9 Å². The second-order valence-corrected chi connectivity index (χ2v) is 5.01. The van der Waals surface area contributed by atoms with E-state index in [4.69, 9.17) is 5.73 Å². The molecule has 3 heteroatoms. The first kappa shape index (κ1) is 11.3. The lowest BCUT2D eigenvalue weighted by atomic mass is 10.1. The summed E-state index contributed by atoms with van der Waals surface area (Å²) in [5, 5.41) is 0. The molecule has 0 amide bonds. The summed E-state index contributed by atoms with van der Waals surface area (Å²) >= 11 is 1.57. The van der Waals surface area contributed by atoms with Crippen LogP contribution in [0.1, 0.15) is 23.4 Å². The van der Waals surface area contributed by atoms with Gasteiger partial charge in [-0.15, -0.1) is 11.3 Å². The third kappa shape index (κ3) is 2.01. The van der Waals surface area contributed by atoms with Crippen LogP contribution in [0.2, 0.25) is 0 Å². The molecule has 0 radical (unpaired) electrons. The van der Waals surface area contributed by atoms with Gasteiger partial charge in [0, 0.05) is 21.4 Å². The highest BCUT2D eigenvalue weighted by molar-refractivity contribution is 7.15. The second kappa shape index (κ2) is 4.36. The van der Waals surface area contributed by atoms with Crippen LogP contribution < -0.4 is 5.73 Å². The fourth-order valence-electron chi connectivity index (χ4n) is 1.64. The molecule has 0 bridgehead atoms. The summed E-state index contributed by atoms with van der Waals surface area (Å²) in [6, 6.07) is 8.89. The molecular weight excluding hydrogens is 221 g/mol. The monoisotopic (exact) mass is 235 g/mol. The smallest absolute Gasteiger partial charge is 0.131 e. The third-order valence-corrected chi connectivity index (χ3v) is 3.98. The second-order valence-electron chi connectivity index (χ2n) is 3.93. The normalized spacial score (nSPS) is 12.8. The van der Waals surface area contributed by atoms with Gasteiger partial charge in [0.05, 0.1) is 0 Å². The van der Waals surface area contributed by atoms with E-state index >= 15 is 0 Å². The van der Waals surface area contributed by atoms with Gasteiger partial charge in [0.25, 0.3) is 0 Å². The Bertz CT molecular complexity index is 502. The van der Waals surface area contributed by atoms with Crippen LogP contribution in [0.4, 0.5) is 4.39 Å². The summed E-state index contributed by atoms with van der Waals surface area (Å²) in [6.45, 7) is 3.93. The maximum Gasteiger partial charge on any atom is 0.131 e. The molecule has 0 aliphatic rings. The number of hydrogen-bond donors (Lipinski definition) is 1. The van der Waals surface area contributed by atoms with Gasteiger partial charge in [-0.1, -0.05) is 18.2 Å². The number of rotatable bonds is 2. The van der Waals surface area contributed by atoms with E-state index < -0.39 is 0 Å². The Morgan fingerprint density at radius 3 is 2.56 bits per heavy atom. The van der Waals surface area contributed by atoms with Crippen LogP contribution in [0.25, 0.3) is 10.4 Å². The van der Waals surface area contributed by atoms with Crippen molar-refractivity contribution in [2.75, 3.05) is 0 Å². The molecule has 1 unspecified atom stereocenters. The van der Waals surface area contributed by atoms with Crippen LogP contribution in [0.5, 0.6) is 0 Å². The van der Waals surface area contributed by atoms with Crippen molar-refractivity contribution in [3.05, 3.63) is 46.6 Å². The average Bonchev–Trinajstić information content (AvgIpc) is 2.61. The summed E-state index contributed by atoms with van der Waals surface area (Å²) in [6.07, 6.45) is 0. The molecule has 1 nitrogen and oxygen atoms in total. The zero-order chi connectivity index (χ0) is 11.7. The molecule has 84 valence electrons. The number of halogens is 1. The van der Waals surface area contributed by atoms with E-state index in [1.165, 1.54) is 6.07 Å². The Labute approximate surface area is 98.7 Å². The van der Waals surface area contributed by atoms with Gasteiger partial charge in [0.1, 0.15) is 5.82 Å². The largest absolute Gasteiger partial charge is 0.324 e. The Kier molecular flexibility index (Phi) is 3.08. The molecule has 0 saturated carbocycles. The predicted molar refractivity (Wildman–Crippen MR) is 67.1 cm³/mol. The van der Waals surface area contributed by atoms with Crippen molar-refractivity contribution in [1.29, 1.82) is 0 Å². The topological polar surface area (TPSA) is 26.0 Å². The summed E-state index contributed by atoms with van der Waals surface area (Å²) < 4.78 is 13.6. The molecule has 0 aliphatic carbocycles. The molecule has 0 spiro atoms. The first-order valence-corrected chi connectivity index (χ1v) is 6.02. The summed E-state index contributed by atoms with van der Waals surface area (Å²) in [5.74, 6) is -0.177. The number of hydrogen-bond acceptors (Lipinski definition) is 2. The lowest BCUT2D eigenvalue weighted by molar-refractivity contribution is 0.631. The zero-order valence-corrected chi connectivity index (χ0v) is 10.1. The molecule has 1 heterocycles. The Hall–Kier alpha value is -1.19. The molecule has 2 aromatic rings. The molecule has 2 N–H and O–H groups in total. The van der Waals surface area contributed by atoms with Gasteiger partial charge in [-0.3, -0.25) is 0 Å². The van der Waals surface area contributed by atoms with E-state index in [1.807, 2.05) is 26.0 Å². The lowest BCUT2D eigenvalue weighted by Gasteiger charge is -2.01. The Morgan fingerprint density at radius 1 is 1.31 bits per heavy atom. The molecule has 0 aliphatic heterocycles. The van der Waals surface area contributed by atoms with Crippen LogP contribution in [0, 0.1) is 12.7 Å². The van der Waals surface area contributed by atoms with Crippen molar-refractivity contribution in [3.63, 3.8) is 0 Å². The minimum atomic E-state index is -0.177. The van der Waals surface area contributed by atoms with Gasteiger partial charge in [-0.25, -0.2) is 4.39 Å². The summed E-state index contributed by atoms with van der Waals surface area (Å²) in [7, 11) is 0. The van der Waals surface area contributed by atoms with Gasteiger partial charge in [-0.05, 0) is 31.5 Å². The number of nitrogens with two attached hydrogens (primary N) is 1. The van der Waals surface area contributed by atoms with Gasteiger partial charge in [-0.2, -0.15) is 0 Å². The van der Waals surface area contributed by atoms with Crippen molar-refractivity contribution < 1.29 is 4.39 Å². The van der Waals surface area contributed by atoms with Crippen molar-refractivity contribution in [2.24, 2.45) is 5.73 Å². The predicted octanol–water partition coefficient (Wildman–Crippen LogP) is 3.88. The van der Waals surface area contributed by atoms with Crippen LogP contribution in [-0.2, 0) is 0 Å². The lowest BCUT2D eigenvalue weighted by Crippen LogP contribution is -2.01. The summed E-state index contributed by atoms with van der Waals surface area (Å²) in [4.78, 5) is 2.07. The van der Waals surface area contributed by atoms with Crippen LogP contribution >= 0.6 is 11.3 Å². The Morgan fingerprint density at radius 2 is 2.00 bits per heavy atom. The highest BCUT2D eigenvalue weighted by Crippen LogP contribution is 2.35. The van der Waals surface area contributed by atoms with E-state index in [-0.39, 0.29) is 11.9 Å². The summed E-state index contributed by atoms with van der Waals surface area (Å²) in [5.41, 5.74) is 7.58. The molecule has 1 aromatic carbocycles. The molecule has 1 aromatic heterocycles. The van der Waals surface area contributed by atoms with Gasteiger partial charge < -0.3 is 5.73 Å². The first-order chi connectivity index (χ1) is 7.59. The molecule has 1 atom stereocenters. The van der Waals surface area contributed by atoms with Crippen LogP contribution in [0.15, 0.2) is 30.3 Å². The minimum absolute atomic E-state index is 0.00391. The highest BCUT2D eigenvalue weighted by atomic mass is 32.1. The van der Waals surface area contributed by atoms with E-state index in [2.05, 4.69) is 0 Å². The minimum Gasteiger partial charge on any atom is -0.324 e. The fourth-order valence-corrected chi connectivity index (χ4v) is 2.80. The van der Waals surface area contributed by atoms with Gasteiger partial charge in [0.15, 0.2) is 0 Å². The maximum atomic E-state index is 13.6.